The zero-order chi connectivity index (χ0) is 17.1. The highest BCUT2D eigenvalue weighted by molar-refractivity contribution is 5.57. The molecule has 0 aliphatic rings. The number of nitrogens with zero attached hydrogens (tertiary/aromatic N) is 1. The second kappa shape index (κ2) is 6.42. The normalized spacial score (nSPS) is 11.0. The Kier molecular flexibility index (Phi) is 4.58. The summed E-state index contributed by atoms with van der Waals surface area (Å²) in [6.45, 7) is 0. The molecule has 0 aromatic heterocycles. The molecular weight excluding hydrogens is 323 g/mol. The molecule has 2 aromatic rings. The zero-order valence-electron chi connectivity index (χ0n) is 11.1. The van der Waals surface area contributed by atoms with Gasteiger partial charge in [-0.05, 0) is 18.2 Å². The maximum absolute atomic E-state index is 13.4. The molecule has 120 valence electrons. The van der Waals surface area contributed by atoms with Gasteiger partial charge < -0.3 is 5.32 Å². The van der Waals surface area contributed by atoms with Gasteiger partial charge in [-0.1, -0.05) is 0 Å². The molecule has 0 fully saturated rings. The van der Waals surface area contributed by atoms with E-state index in [0.29, 0.717) is 11.8 Å². The summed E-state index contributed by atoms with van der Waals surface area (Å²) in [6, 6.07) is 4.96. The van der Waals surface area contributed by atoms with Crippen LogP contribution in [0.3, 0.4) is 0 Å². The molecular formula is C14H7F5N2O2. The molecule has 2 rings (SSSR count). The molecule has 9 heteroatoms. The summed E-state index contributed by atoms with van der Waals surface area (Å²) in [4.78, 5) is 9.85. The number of rotatable bonds is 4. The van der Waals surface area contributed by atoms with Crippen LogP contribution in [0.2, 0.25) is 0 Å². The van der Waals surface area contributed by atoms with E-state index in [1.807, 2.05) is 0 Å². The Labute approximate surface area is 126 Å². The van der Waals surface area contributed by atoms with Crippen molar-refractivity contribution in [2.75, 3.05) is 5.32 Å². The fourth-order valence-electron chi connectivity index (χ4n) is 1.67. The van der Waals surface area contributed by atoms with Crippen LogP contribution in [0, 0.1) is 39.2 Å². The van der Waals surface area contributed by atoms with Crippen molar-refractivity contribution in [3.63, 3.8) is 0 Å². The number of non-ortho nitro benzene ring substituents is 1. The van der Waals surface area contributed by atoms with E-state index in [-0.39, 0.29) is 5.69 Å². The van der Waals surface area contributed by atoms with Gasteiger partial charge in [0.25, 0.3) is 5.69 Å². The lowest BCUT2D eigenvalue weighted by Gasteiger charge is -2.05. The molecule has 0 amide bonds. The highest BCUT2D eigenvalue weighted by Crippen LogP contribution is 2.24. The molecule has 0 aliphatic carbocycles. The van der Waals surface area contributed by atoms with Gasteiger partial charge in [0.05, 0.1) is 10.5 Å². The summed E-state index contributed by atoms with van der Waals surface area (Å²) < 4.78 is 65.6. The van der Waals surface area contributed by atoms with Crippen molar-refractivity contribution in [2.24, 2.45) is 0 Å². The van der Waals surface area contributed by atoms with Crippen molar-refractivity contribution in [1.29, 1.82) is 0 Å². The van der Waals surface area contributed by atoms with Gasteiger partial charge in [0.2, 0.25) is 5.82 Å². The highest BCUT2D eigenvalue weighted by atomic mass is 19.2. The van der Waals surface area contributed by atoms with Crippen molar-refractivity contribution in [3.8, 4) is 0 Å². The number of benzene rings is 2. The quantitative estimate of drug-likeness (QED) is 0.298. The third-order valence-corrected chi connectivity index (χ3v) is 2.82. The number of hydrogen-bond acceptors (Lipinski definition) is 3. The lowest BCUT2D eigenvalue weighted by atomic mass is 10.1. The largest absolute Gasteiger partial charge is 0.362 e. The van der Waals surface area contributed by atoms with Gasteiger partial charge in [0.15, 0.2) is 23.3 Å². The van der Waals surface area contributed by atoms with Crippen molar-refractivity contribution >= 4 is 17.5 Å². The van der Waals surface area contributed by atoms with E-state index in [9.17, 15) is 32.1 Å². The number of hydrogen-bond donors (Lipinski definition) is 1. The summed E-state index contributed by atoms with van der Waals surface area (Å²) in [5, 5.41) is 13.0. The molecule has 2 aromatic carbocycles. The Balaban J connectivity index is 2.23. The number of nitro benzene ring substituents is 1. The van der Waals surface area contributed by atoms with Crippen LogP contribution in [0.25, 0.3) is 6.08 Å². The molecule has 4 nitrogen and oxygen atoms in total. The monoisotopic (exact) mass is 330 g/mol. The second-order valence-corrected chi connectivity index (χ2v) is 4.27. The summed E-state index contributed by atoms with van der Waals surface area (Å²) >= 11 is 0. The molecule has 0 bridgehead atoms. The van der Waals surface area contributed by atoms with Crippen molar-refractivity contribution in [1.82, 2.24) is 0 Å². The molecule has 0 heterocycles. The Hall–Kier alpha value is -2.97. The van der Waals surface area contributed by atoms with E-state index in [4.69, 9.17) is 0 Å². The minimum Gasteiger partial charge on any atom is -0.362 e. The minimum atomic E-state index is -2.24. The number of anilines is 1. The number of nitrogens with one attached hydrogen (secondary N) is 1. The molecule has 0 unspecified atom stereocenters. The van der Waals surface area contributed by atoms with Crippen LogP contribution in [0.1, 0.15) is 5.56 Å². The summed E-state index contributed by atoms with van der Waals surface area (Å²) in [5.74, 6) is -10.2. The van der Waals surface area contributed by atoms with E-state index in [0.717, 1.165) is 6.20 Å². The molecule has 0 saturated heterocycles. The van der Waals surface area contributed by atoms with E-state index in [2.05, 4.69) is 5.32 Å². The highest BCUT2D eigenvalue weighted by Gasteiger charge is 2.24. The van der Waals surface area contributed by atoms with Crippen LogP contribution in [-0.4, -0.2) is 4.92 Å². The summed E-state index contributed by atoms with van der Waals surface area (Å²) in [6.07, 6.45) is 1.61. The maximum atomic E-state index is 13.4. The molecule has 0 aliphatic heterocycles. The Morgan fingerprint density at radius 1 is 0.870 bits per heavy atom. The molecule has 1 N–H and O–H groups in total. The Morgan fingerprint density at radius 3 is 1.83 bits per heavy atom. The Bertz CT molecular complexity index is 762. The van der Waals surface area contributed by atoms with Gasteiger partial charge in [0.1, 0.15) is 0 Å². The van der Waals surface area contributed by atoms with Crippen molar-refractivity contribution in [3.05, 3.63) is 75.2 Å². The third kappa shape index (κ3) is 3.28. The maximum Gasteiger partial charge on any atom is 0.269 e. The predicted molar refractivity (Wildman–Crippen MR) is 72.0 cm³/mol. The fourth-order valence-corrected chi connectivity index (χ4v) is 1.67. The van der Waals surface area contributed by atoms with Gasteiger partial charge >= 0.3 is 0 Å². The van der Waals surface area contributed by atoms with Crippen LogP contribution < -0.4 is 5.32 Å². The van der Waals surface area contributed by atoms with Gasteiger partial charge in [-0.15, -0.1) is 0 Å². The van der Waals surface area contributed by atoms with Crippen molar-refractivity contribution in [2.45, 2.75) is 0 Å². The van der Waals surface area contributed by atoms with E-state index >= 15 is 0 Å². The lowest BCUT2D eigenvalue weighted by molar-refractivity contribution is -0.384. The molecule has 0 radical (unpaired) electrons. The fraction of sp³-hybridized carbons (Fsp3) is 0. The van der Waals surface area contributed by atoms with E-state index in [1.165, 1.54) is 24.3 Å². The summed E-state index contributed by atoms with van der Waals surface area (Å²) in [7, 11) is 0. The first kappa shape index (κ1) is 16.4. The SMILES string of the molecule is O=[N+]([O-])c1ccc(NC=Cc2c(F)c(F)c(F)c(F)c2F)cc1. The lowest BCUT2D eigenvalue weighted by Crippen LogP contribution is -2.04. The van der Waals surface area contributed by atoms with Gasteiger partial charge in [-0.25, -0.2) is 22.0 Å². The van der Waals surface area contributed by atoms with Crippen LogP contribution >= 0.6 is 0 Å². The second-order valence-electron chi connectivity index (χ2n) is 4.27. The summed E-state index contributed by atoms with van der Waals surface area (Å²) in [5.41, 5.74) is -0.953. The van der Waals surface area contributed by atoms with Gasteiger partial charge in [-0.3, -0.25) is 10.1 Å². The van der Waals surface area contributed by atoms with E-state index < -0.39 is 39.6 Å². The van der Waals surface area contributed by atoms with Gasteiger partial charge in [0, 0.05) is 24.0 Å². The number of nitro groups is 1. The topological polar surface area (TPSA) is 55.2 Å². The number of halogens is 5. The van der Waals surface area contributed by atoms with Crippen LogP contribution in [0.15, 0.2) is 30.5 Å². The molecule has 0 atom stereocenters. The van der Waals surface area contributed by atoms with Crippen LogP contribution in [0.5, 0.6) is 0 Å². The third-order valence-electron chi connectivity index (χ3n) is 2.82. The van der Waals surface area contributed by atoms with Crippen LogP contribution in [0.4, 0.5) is 33.3 Å². The standard InChI is InChI=1S/C14H7F5N2O2/c15-10-9(11(16)13(18)14(19)12(10)17)5-6-20-7-1-3-8(4-2-7)21(22)23/h1-6,20H. The van der Waals surface area contributed by atoms with Crippen molar-refractivity contribution < 1.29 is 26.9 Å². The van der Waals surface area contributed by atoms with Crippen LogP contribution in [-0.2, 0) is 0 Å². The minimum absolute atomic E-state index is 0.167. The average Bonchev–Trinajstić information content (AvgIpc) is 2.54. The molecule has 0 spiro atoms. The first-order valence-corrected chi connectivity index (χ1v) is 6.02. The molecule has 0 saturated carbocycles. The smallest absolute Gasteiger partial charge is 0.269 e. The average molecular weight is 330 g/mol. The van der Waals surface area contributed by atoms with Gasteiger partial charge in [-0.2, -0.15) is 0 Å². The zero-order valence-corrected chi connectivity index (χ0v) is 11.1. The first-order chi connectivity index (χ1) is 10.8. The first-order valence-electron chi connectivity index (χ1n) is 6.02. The molecule has 23 heavy (non-hydrogen) atoms. The Morgan fingerprint density at radius 2 is 1.35 bits per heavy atom. The van der Waals surface area contributed by atoms with E-state index in [1.54, 1.807) is 0 Å². The predicted octanol–water partition coefficient (Wildman–Crippen LogP) is 4.37.